The molecule has 0 atom stereocenters. The first-order chi connectivity index (χ1) is 10.6. The van der Waals surface area contributed by atoms with E-state index in [1.165, 1.54) is 0 Å². The van der Waals surface area contributed by atoms with Crippen molar-refractivity contribution in [1.29, 1.82) is 0 Å². The molecule has 2 aromatic heterocycles. The highest BCUT2D eigenvalue weighted by atomic mass is 35.5. The van der Waals surface area contributed by atoms with Gasteiger partial charge < -0.3 is 4.57 Å². The Bertz CT molecular complexity index is 875. The van der Waals surface area contributed by atoms with Crippen molar-refractivity contribution >= 4 is 28.9 Å². The molecule has 0 radical (unpaired) electrons. The maximum Gasteiger partial charge on any atom is 0.188 e. The molecule has 22 heavy (non-hydrogen) atoms. The smallest absolute Gasteiger partial charge is 0.188 e. The molecule has 0 unspecified atom stereocenters. The summed E-state index contributed by atoms with van der Waals surface area (Å²) in [5.41, 5.74) is 2.97. The summed E-state index contributed by atoms with van der Waals surface area (Å²) in [6.45, 7) is 7.19. The molecule has 0 spiro atoms. The van der Waals surface area contributed by atoms with Crippen LogP contribution in [0.5, 0.6) is 0 Å². The minimum Gasteiger partial charge on any atom is -0.317 e. The fourth-order valence-electron chi connectivity index (χ4n) is 2.19. The van der Waals surface area contributed by atoms with E-state index in [1.54, 1.807) is 35.2 Å². The topological polar surface area (TPSA) is 48.0 Å². The first-order valence-corrected chi connectivity index (χ1v) is 7.03. The van der Waals surface area contributed by atoms with E-state index < -0.39 is 0 Å². The van der Waals surface area contributed by atoms with Crippen LogP contribution in [0.25, 0.3) is 27.4 Å². The molecule has 0 aliphatic carbocycles. The molecule has 108 valence electrons. The predicted molar refractivity (Wildman–Crippen MR) is 86.0 cm³/mol. The molecule has 0 amide bonds. The first kappa shape index (κ1) is 14.5. The van der Waals surface area contributed by atoms with Crippen LogP contribution >= 0.6 is 23.2 Å². The highest BCUT2D eigenvalue weighted by Gasteiger charge is 2.14. The van der Waals surface area contributed by atoms with E-state index in [0.717, 1.165) is 16.7 Å². The van der Waals surface area contributed by atoms with Crippen molar-refractivity contribution in [1.82, 2.24) is 19.7 Å². The van der Waals surface area contributed by atoms with Crippen LogP contribution < -0.4 is 0 Å². The maximum atomic E-state index is 7.19. The zero-order valence-electron chi connectivity index (χ0n) is 11.5. The van der Waals surface area contributed by atoms with Crippen molar-refractivity contribution in [2.24, 2.45) is 7.05 Å². The summed E-state index contributed by atoms with van der Waals surface area (Å²) in [6, 6.07) is 8.80. The van der Waals surface area contributed by atoms with Crippen molar-refractivity contribution in [3.8, 4) is 22.5 Å². The van der Waals surface area contributed by atoms with Gasteiger partial charge in [-0.1, -0.05) is 35.3 Å². The van der Waals surface area contributed by atoms with Gasteiger partial charge in [0, 0.05) is 12.6 Å². The Morgan fingerprint density at radius 2 is 1.82 bits per heavy atom. The van der Waals surface area contributed by atoms with Crippen molar-refractivity contribution in [3.63, 3.8) is 0 Å². The molecule has 1 aromatic carbocycles. The molecule has 5 nitrogen and oxygen atoms in total. The van der Waals surface area contributed by atoms with E-state index in [2.05, 4.69) is 20.0 Å². The van der Waals surface area contributed by atoms with Gasteiger partial charge in [-0.2, -0.15) is 0 Å². The Kier molecular flexibility index (Phi) is 3.80. The number of rotatable bonds is 2. The molecule has 7 heteroatoms. The molecular weight excluding hydrogens is 321 g/mol. The molecule has 0 aliphatic rings. The lowest BCUT2D eigenvalue weighted by Gasteiger charge is -2.10. The molecule has 3 rings (SSSR count). The third kappa shape index (κ3) is 2.67. The standard InChI is InChI=1S/C15H9Cl2N5/c1-18-10-3-4-11(9-5-13(16)20-14(17)6-9)12(7-10)15-21-19-8-22(15)2/h3-8H,2H3. The number of aromatic nitrogens is 4. The van der Waals surface area contributed by atoms with Crippen molar-refractivity contribution < 1.29 is 0 Å². The molecule has 3 aromatic rings. The van der Waals surface area contributed by atoms with Gasteiger partial charge in [0.2, 0.25) is 0 Å². The van der Waals surface area contributed by atoms with Gasteiger partial charge in [-0.05, 0) is 29.3 Å². The zero-order valence-corrected chi connectivity index (χ0v) is 13.0. The number of hydrogen-bond donors (Lipinski definition) is 0. The minimum atomic E-state index is 0.306. The van der Waals surface area contributed by atoms with Crippen LogP contribution in [0, 0.1) is 6.57 Å². The Labute approximate surface area is 137 Å². The number of benzene rings is 1. The Morgan fingerprint density at radius 1 is 1.09 bits per heavy atom. The molecule has 0 bridgehead atoms. The number of pyridine rings is 1. The van der Waals surface area contributed by atoms with Crippen LogP contribution in [0.4, 0.5) is 5.69 Å². The lowest BCUT2D eigenvalue weighted by Crippen LogP contribution is -1.94. The van der Waals surface area contributed by atoms with Crippen molar-refractivity contribution in [3.05, 3.63) is 58.4 Å². The Balaban J connectivity index is 2.28. The van der Waals surface area contributed by atoms with Gasteiger partial charge in [0.1, 0.15) is 16.6 Å². The average Bonchev–Trinajstić information content (AvgIpc) is 2.91. The first-order valence-electron chi connectivity index (χ1n) is 6.28. The average molecular weight is 330 g/mol. The second kappa shape index (κ2) is 5.76. The molecule has 0 N–H and O–H groups in total. The largest absolute Gasteiger partial charge is 0.317 e. The van der Waals surface area contributed by atoms with Crippen LogP contribution in [-0.4, -0.2) is 19.7 Å². The monoisotopic (exact) mass is 329 g/mol. The Morgan fingerprint density at radius 3 is 2.41 bits per heavy atom. The van der Waals surface area contributed by atoms with E-state index in [9.17, 15) is 0 Å². The SMILES string of the molecule is [C-]#[N+]c1ccc(-c2cc(Cl)nc(Cl)c2)c(-c2nncn2C)c1. The molecule has 0 aliphatic heterocycles. The molecular formula is C15H9Cl2N5. The molecule has 2 heterocycles. The van der Waals surface area contributed by atoms with E-state index in [4.69, 9.17) is 29.8 Å². The van der Waals surface area contributed by atoms with Gasteiger partial charge in [0.05, 0.1) is 6.57 Å². The van der Waals surface area contributed by atoms with E-state index in [-0.39, 0.29) is 0 Å². The zero-order chi connectivity index (χ0) is 15.7. The number of nitrogens with zero attached hydrogens (tertiary/aromatic N) is 5. The summed E-state index contributed by atoms with van der Waals surface area (Å²) >= 11 is 12.0. The van der Waals surface area contributed by atoms with E-state index >= 15 is 0 Å². The maximum absolute atomic E-state index is 7.19. The van der Waals surface area contributed by atoms with Gasteiger partial charge in [-0.25, -0.2) is 9.83 Å². The van der Waals surface area contributed by atoms with Gasteiger partial charge in [0.15, 0.2) is 11.5 Å². The van der Waals surface area contributed by atoms with Gasteiger partial charge in [0.25, 0.3) is 0 Å². The second-order valence-electron chi connectivity index (χ2n) is 4.61. The summed E-state index contributed by atoms with van der Waals surface area (Å²) in [5, 5.41) is 8.63. The third-order valence-corrected chi connectivity index (χ3v) is 3.55. The normalized spacial score (nSPS) is 10.5. The lowest BCUT2D eigenvalue weighted by atomic mass is 9.99. The number of aryl methyl sites for hydroxylation is 1. The summed E-state index contributed by atoms with van der Waals surface area (Å²) in [4.78, 5) is 7.42. The van der Waals surface area contributed by atoms with Crippen LogP contribution in [-0.2, 0) is 7.05 Å². The quantitative estimate of drug-likeness (QED) is 0.517. The summed E-state index contributed by atoms with van der Waals surface area (Å²) in [6.07, 6.45) is 1.61. The summed E-state index contributed by atoms with van der Waals surface area (Å²) in [7, 11) is 1.84. The predicted octanol–water partition coefficient (Wildman–Crippen LogP) is 4.40. The number of halogens is 2. The minimum absolute atomic E-state index is 0.306. The molecule has 0 saturated heterocycles. The lowest BCUT2D eigenvalue weighted by molar-refractivity contribution is 0.920. The van der Waals surface area contributed by atoms with Crippen LogP contribution in [0.15, 0.2) is 36.7 Å². The third-order valence-electron chi connectivity index (χ3n) is 3.16. The number of hydrogen-bond acceptors (Lipinski definition) is 3. The van der Waals surface area contributed by atoms with Crippen LogP contribution in [0.3, 0.4) is 0 Å². The fraction of sp³-hybridized carbons (Fsp3) is 0.0667. The Hall–Kier alpha value is -2.42. The highest BCUT2D eigenvalue weighted by molar-refractivity contribution is 6.32. The van der Waals surface area contributed by atoms with Crippen molar-refractivity contribution in [2.75, 3.05) is 0 Å². The molecule has 0 fully saturated rings. The van der Waals surface area contributed by atoms with E-state index in [0.29, 0.717) is 21.8 Å². The summed E-state index contributed by atoms with van der Waals surface area (Å²) in [5.74, 6) is 0.657. The fourth-order valence-corrected chi connectivity index (χ4v) is 2.65. The van der Waals surface area contributed by atoms with Crippen LogP contribution in [0.2, 0.25) is 10.3 Å². The highest BCUT2D eigenvalue weighted by Crippen LogP contribution is 2.35. The van der Waals surface area contributed by atoms with Gasteiger partial charge in [-0.3, -0.25) is 0 Å². The van der Waals surface area contributed by atoms with Gasteiger partial charge >= 0.3 is 0 Å². The van der Waals surface area contributed by atoms with Crippen LogP contribution in [0.1, 0.15) is 0 Å². The second-order valence-corrected chi connectivity index (χ2v) is 5.38. The van der Waals surface area contributed by atoms with Gasteiger partial charge in [-0.15, -0.1) is 10.2 Å². The van der Waals surface area contributed by atoms with Crippen molar-refractivity contribution in [2.45, 2.75) is 0 Å². The summed E-state index contributed by atoms with van der Waals surface area (Å²) < 4.78 is 1.79. The van der Waals surface area contributed by atoms with E-state index in [1.807, 2.05) is 13.1 Å². The molecule has 0 saturated carbocycles.